The minimum absolute atomic E-state index is 0.0298. The van der Waals surface area contributed by atoms with Gasteiger partial charge in [0.1, 0.15) is 5.54 Å². The fourth-order valence-corrected chi connectivity index (χ4v) is 6.71. The van der Waals surface area contributed by atoms with Crippen LogP contribution in [0.2, 0.25) is 4.34 Å². The molecule has 1 spiro atoms. The Morgan fingerprint density at radius 1 is 1.14 bits per heavy atom. The Morgan fingerprint density at radius 3 is 2.45 bits per heavy atom. The molecule has 1 saturated carbocycles. The number of urea groups is 1. The topological polar surface area (TPSA) is 55.9 Å². The van der Waals surface area contributed by atoms with Crippen molar-refractivity contribution >= 4 is 34.9 Å². The summed E-state index contributed by atoms with van der Waals surface area (Å²) in [6.45, 7) is 11.4. The van der Waals surface area contributed by atoms with Crippen molar-refractivity contribution in [2.45, 2.75) is 52.1 Å². The molecule has 2 atom stereocenters. The molecule has 1 N–H and O–H groups in total. The van der Waals surface area contributed by atoms with Crippen molar-refractivity contribution in [1.29, 1.82) is 0 Å². The SMILES string of the molecule is CC1CC(C)(C)CC2(C1)NC(=O)N(CN1CCN(Cc3ccc(Cl)s3)CC1)C2=O. The van der Waals surface area contributed by atoms with E-state index < -0.39 is 5.54 Å². The van der Waals surface area contributed by atoms with Crippen LogP contribution in [-0.2, 0) is 11.3 Å². The molecule has 3 heterocycles. The van der Waals surface area contributed by atoms with E-state index in [0.717, 1.165) is 56.3 Å². The summed E-state index contributed by atoms with van der Waals surface area (Å²) in [5, 5.41) is 3.08. The van der Waals surface area contributed by atoms with Crippen LogP contribution in [0, 0.1) is 11.3 Å². The second-order valence-corrected chi connectivity index (χ2v) is 11.6. The van der Waals surface area contributed by atoms with E-state index in [1.165, 1.54) is 9.78 Å². The molecule has 3 aliphatic rings. The fourth-order valence-electron chi connectivity index (χ4n) is 5.58. The number of hydrogen-bond acceptors (Lipinski definition) is 5. The van der Waals surface area contributed by atoms with Gasteiger partial charge in [0.2, 0.25) is 0 Å². The maximum Gasteiger partial charge on any atom is 0.326 e. The van der Waals surface area contributed by atoms with Gasteiger partial charge in [0, 0.05) is 37.6 Å². The van der Waals surface area contributed by atoms with Crippen molar-refractivity contribution in [2.75, 3.05) is 32.8 Å². The van der Waals surface area contributed by atoms with Crippen LogP contribution in [0.25, 0.3) is 0 Å². The predicted octanol–water partition coefficient (Wildman–Crippen LogP) is 3.61. The number of carbonyl (C=O) groups is 2. The van der Waals surface area contributed by atoms with Crippen molar-refractivity contribution in [2.24, 2.45) is 11.3 Å². The zero-order valence-electron chi connectivity index (χ0n) is 17.5. The third-order valence-electron chi connectivity index (χ3n) is 6.44. The van der Waals surface area contributed by atoms with Crippen molar-refractivity contribution < 1.29 is 9.59 Å². The molecule has 8 heteroatoms. The second kappa shape index (κ2) is 7.84. The number of imide groups is 1. The maximum absolute atomic E-state index is 13.3. The van der Waals surface area contributed by atoms with E-state index in [1.807, 2.05) is 6.07 Å². The molecular formula is C21H31ClN4O2S. The average Bonchev–Trinajstić information content (AvgIpc) is 3.11. The van der Waals surface area contributed by atoms with Gasteiger partial charge in [0.25, 0.3) is 5.91 Å². The smallest absolute Gasteiger partial charge is 0.323 e. The normalized spacial score (nSPS) is 30.9. The van der Waals surface area contributed by atoms with E-state index in [0.29, 0.717) is 12.6 Å². The van der Waals surface area contributed by atoms with Gasteiger partial charge in [-0.2, -0.15) is 0 Å². The van der Waals surface area contributed by atoms with E-state index in [4.69, 9.17) is 11.6 Å². The van der Waals surface area contributed by atoms with Crippen LogP contribution in [-0.4, -0.2) is 65.0 Å². The van der Waals surface area contributed by atoms with Gasteiger partial charge in [0.05, 0.1) is 11.0 Å². The van der Waals surface area contributed by atoms with Gasteiger partial charge >= 0.3 is 6.03 Å². The average molecular weight is 439 g/mol. The van der Waals surface area contributed by atoms with Gasteiger partial charge in [-0.1, -0.05) is 32.4 Å². The van der Waals surface area contributed by atoms with Crippen LogP contribution < -0.4 is 5.32 Å². The Balaban J connectivity index is 1.34. The summed E-state index contributed by atoms with van der Waals surface area (Å²) in [4.78, 5) is 33.3. The molecule has 6 nitrogen and oxygen atoms in total. The van der Waals surface area contributed by atoms with Crippen molar-refractivity contribution in [3.8, 4) is 0 Å². The first kappa shape index (κ1) is 21.1. The van der Waals surface area contributed by atoms with Crippen LogP contribution in [0.15, 0.2) is 12.1 Å². The number of thiophene rings is 1. The quantitative estimate of drug-likeness (QED) is 0.729. The molecule has 0 bridgehead atoms. The van der Waals surface area contributed by atoms with Crippen molar-refractivity contribution in [3.05, 3.63) is 21.3 Å². The van der Waals surface area contributed by atoms with Crippen LogP contribution in [0.5, 0.6) is 0 Å². The lowest BCUT2D eigenvalue weighted by Gasteiger charge is -2.44. The van der Waals surface area contributed by atoms with Gasteiger partial charge < -0.3 is 5.32 Å². The molecule has 2 aliphatic heterocycles. The first-order valence-corrected chi connectivity index (χ1v) is 11.7. The molecule has 3 fully saturated rings. The van der Waals surface area contributed by atoms with Crippen LogP contribution in [0.4, 0.5) is 4.79 Å². The van der Waals surface area contributed by atoms with E-state index in [-0.39, 0.29) is 17.4 Å². The highest BCUT2D eigenvalue weighted by Crippen LogP contribution is 2.46. The molecule has 3 amide bonds. The maximum atomic E-state index is 13.3. The fraction of sp³-hybridized carbons (Fsp3) is 0.714. The van der Waals surface area contributed by atoms with Crippen LogP contribution >= 0.6 is 22.9 Å². The summed E-state index contributed by atoms with van der Waals surface area (Å²) in [6.07, 6.45) is 2.56. The van der Waals surface area contributed by atoms with Crippen LogP contribution in [0.1, 0.15) is 44.9 Å². The Bertz CT molecular complexity index is 789. The number of nitrogens with one attached hydrogen (secondary N) is 1. The summed E-state index contributed by atoms with van der Waals surface area (Å²) < 4.78 is 0.825. The summed E-state index contributed by atoms with van der Waals surface area (Å²) in [6, 6.07) is 3.80. The van der Waals surface area contributed by atoms with Gasteiger partial charge in [-0.15, -0.1) is 11.3 Å². The van der Waals surface area contributed by atoms with Crippen LogP contribution in [0.3, 0.4) is 0 Å². The molecule has 160 valence electrons. The summed E-state index contributed by atoms with van der Waals surface area (Å²) in [7, 11) is 0. The highest BCUT2D eigenvalue weighted by atomic mass is 35.5. The molecule has 0 aromatic carbocycles. The third-order valence-corrected chi connectivity index (χ3v) is 7.65. The van der Waals surface area contributed by atoms with Gasteiger partial charge in [0.15, 0.2) is 0 Å². The number of rotatable bonds is 4. The van der Waals surface area contributed by atoms with Gasteiger partial charge in [-0.25, -0.2) is 9.69 Å². The molecule has 1 aliphatic carbocycles. The molecular weight excluding hydrogens is 408 g/mol. The molecule has 2 unspecified atom stereocenters. The lowest BCUT2D eigenvalue weighted by atomic mass is 9.64. The summed E-state index contributed by atoms with van der Waals surface area (Å²) >= 11 is 7.65. The highest BCUT2D eigenvalue weighted by Gasteiger charge is 2.56. The van der Waals surface area contributed by atoms with Crippen molar-refractivity contribution in [1.82, 2.24) is 20.0 Å². The number of amides is 3. The number of halogens is 1. The largest absolute Gasteiger partial charge is 0.326 e. The Kier molecular flexibility index (Phi) is 5.70. The van der Waals surface area contributed by atoms with E-state index >= 15 is 0 Å². The Morgan fingerprint density at radius 2 is 1.83 bits per heavy atom. The lowest BCUT2D eigenvalue weighted by molar-refractivity contribution is -0.136. The third kappa shape index (κ3) is 4.48. The minimum Gasteiger partial charge on any atom is -0.323 e. The Labute approximate surface area is 182 Å². The highest BCUT2D eigenvalue weighted by molar-refractivity contribution is 7.16. The molecule has 4 rings (SSSR count). The number of nitrogens with zero attached hydrogens (tertiary/aromatic N) is 3. The second-order valence-electron chi connectivity index (χ2n) is 9.84. The minimum atomic E-state index is -0.710. The summed E-state index contributed by atoms with van der Waals surface area (Å²) in [5.74, 6) is 0.398. The van der Waals surface area contributed by atoms with Gasteiger partial charge in [-0.3, -0.25) is 14.6 Å². The number of carbonyl (C=O) groups excluding carboxylic acids is 2. The first-order chi connectivity index (χ1) is 13.7. The predicted molar refractivity (Wildman–Crippen MR) is 116 cm³/mol. The zero-order chi connectivity index (χ0) is 20.8. The van der Waals surface area contributed by atoms with E-state index in [2.05, 4.69) is 42.0 Å². The first-order valence-electron chi connectivity index (χ1n) is 10.5. The molecule has 2 saturated heterocycles. The molecule has 29 heavy (non-hydrogen) atoms. The van der Waals surface area contributed by atoms with E-state index in [1.54, 1.807) is 11.3 Å². The Hall–Kier alpha value is -1.15. The number of piperazine rings is 1. The van der Waals surface area contributed by atoms with E-state index in [9.17, 15) is 9.59 Å². The van der Waals surface area contributed by atoms with Gasteiger partial charge in [-0.05, 0) is 42.7 Å². The van der Waals surface area contributed by atoms with Crippen molar-refractivity contribution in [3.63, 3.8) is 0 Å². The summed E-state index contributed by atoms with van der Waals surface area (Å²) in [5.41, 5.74) is -0.647. The molecule has 0 radical (unpaired) electrons. The molecule has 1 aromatic rings. The zero-order valence-corrected chi connectivity index (χ0v) is 19.1. The lowest BCUT2D eigenvalue weighted by Crippen LogP contribution is -2.55. The number of hydrogen-bond donors (Lipinski definition) is 1. The molecule has 1 aromatic heterocycles. The standard InChI is InChI=1S/C21H31ClN4O2S/c1-15-10-20(2,3)13-21(11-15)18(27)26(19(28)23-21)14-25-8-6-24(7-9-25)12-16-4-5-17(22)29-16/h4-5,15H,6-14H2,1-3H3,(H,23,28). The monoisotopic (exact) mass is 438 g/mol.